The van der Waals surface area contributed by atoms with Crippen molar-refractivity contribution in [2.75, 3.05) is 6.54 Å². The van der Waals surface area contributed by atoms with Crippen molar-refractivity contribution >= 4 is 0 Å². The van der Waals surface area contributed by atoms with Gasteiger partial charge in [-0.3, -0.25) is 11.3 Å². The van der Waals surface area contributed by atoms with Gasteiger partial charge in [-0.1, -0.05) is 20.8 Å². The SMILES string of the molecule is CC(CC1C(C(C)CCN)C1C1CC(N)C(C(C)C)C1)NN. The normalized spacial score (nSPS) is 40.9. The average Bonchev–Trinajstić information content (AvgIpc) is 3.02. The van der Waals surface area contributed by atoms with Crippen molar-refractivity contribution in [1.82, 2.24) is 5.43 Å². The van der Waals surface area contributed by atoms with Crippen LogP contribution in [0.3, 0.4) is 0 Å². The summed E-state index contributed by atoms with van der Waals surface area (Å²) in [5, 5.41) is 0. The van der Waals surface area contributed by atoms with Crippen LogP contribution in [0.15, 0.2) is 0 Å². The first-order chi connectivity index (χ1) is 10.4. The molecule has 0 saturated heterocycles. The third-order valence-electron chi connectivity index (χ3n) is 6.58. The van der Waals surface area contributed by atoms with E-state index in [0.29, 0.717) is 23.9 Å². The minimum Gasteiger partial charge on any atom is -0.330 e. The Morgan fingerprint density at radius 3 is 2.32 bits per heavy atom. The van der Waals surface area contributed by atoms with Crippen molar-refractivity contribution in [3.05, 3.63) is 0 Å². The second-order valence-electron chi connectivity index (χ2n) is 8.48. The first-order valence-electron chi connectivity index (χ1n) is 9.32. The maximum atomic E-state index is 6.44. The van der Waals surface area contributed by atoms with Gasteiger partial charge in [-0.05, 0) is 80.6 Å². The van der Waals surface area contributed by atoms with Crippen LogP contribution in [-0.2, 0) is 0 Å². The molecule has 2 fully saturated rings. The summed E-state index contributed by atoms with van der Waals surface area (Å²) in [6.07, 6.45) is 4.89. The van der Waals surface area contributed by atoms with Gasteiger partial charge in [0.25, 0.3) is 0 Å². The Kier molecular flexibility index (Phi) is 6.29. The maximum absolute atomic E-state index is 6.44. The lowest BCUT2D eigenvalue weighted by molar-refractivity contribution is 0.331. The first-order valence-corrected chi connectivity index (χ1v) is 9.32. The van der Waals surface area contributed by atoms with Crippen molar-refractivity contribution < 1.29 is 0 Å². The number of nitrogens with two attached hydrogens (primary N) is 3. The van der Waals surface area contributed by atoms with Gasteiger partial charge in [0.2, 0.25) is 0 Å². The highest BCUT2D eigenvalue weighted by Crippen LogP contribution is 2.61. The third kappa shape index (κ3) is 3.84. The Balaban J connectivity index is 2.00. The van der Waals surface area contributed by atoms with Gasteiger partial charge < -0.3 is 11.5 Å². The molecule has 0 aromatic carbocycles. The summed E-state index contributed by atoms with van der Waals surface area (Å²) in [6.45, 7) is 10.0. The van der Waals surface area contributed by atoms with Gasteiger partial charge in [-0.15, -0.1) is 0 Å². The van der Waals surface area contributed by atoms with Crippen LogP contribution < -0.4 is 22.7 Å². The van der Waals surface area contributed by atoms with Crippen LogP contribution in [0.1, 0.15) is 53.4 Å². The fraction of sp³-hybridized carbons (Fsp3) is 1.00. The lowest BCUT2D eigenvalue weighted by Crippen LogP contribution is -2.33. The molecular formula is C18H38N4. The van der Waals surface area contributed by atoms with Gasteiger partial charge in [-0.25, -0.2) is 0 Å². The van der Waals surface area contributed by atoms with E-state index in [-0.39, 0.29) is 0 Å². The van der Waals surface area contributed by atoms with E-state index in [2.05, 4.69) is 33.1 Å². The molecule has 0 aliphatic heterocycles. The minimum absolute atomic E-state index is 0.401. The zero-order valence-electron chi connectivity index (χ0n) is 15.0. The van der Waals surface area contributed by atoms with Crippen LogP contribution in [0, 0.1) is 41.4 Å². The van der Waals surface area contributed by atoms with E-state index in [1.54, 1.807) is 0 Å². The zero-order chi connectivity index (χ0) is 16.4. The van der Waals surface area contributed by atoms with Crippen molar-refractivity contribution in [1.29, 1.82) is 0 Å². The van der Waals surface area contributed by atoms with E-state index < -0.39 is 0 Å². The summed E-state index contributed by atoms with van der Waals surface area (Å²) >= 11 is 0. The lowest BCUT2D eigenvalue weighted by Gasteiger charge is -2.19. The van der Waals surface area contributed by atoms with E-state index in [4.69, 9.17) is 17.3 Å². The van der Waals surface area contributed by atoms with E-state index in [0.717, 1.165) is 42.6 Å². The highest BCUT2D eigenvalue weighted by Gasteiger charge is 2.57. The molecule has 22 heavy (non-hydrogen) atoms. The van der Waals surface area contributed by atoms with Crippen molar-refractivity contribution in [3.63, 3.8) is 0 Å². The van der Waals surface area contributed by atoms with Crippen LogP contribution in [0.25, 0.3) is 0 Å². The second kappa shape index (κ2) is 7.61. The smallest absolute Gasteiger partial charge is 0.0185 e. The molecule has 7 N–H and O–H groups in total. The Morgan fingerprint density at radius 2 is 1.82 bits per heavy atom. The fourth-order valence-corrected chi connectivity index (χ4v) is 5.37. The van der Waals surface area contributed by atoms with Crippen LogP contribution in [0.5, 0.6) is 0 Å². The van der Waals surface area contributed by atoms with E-state index in [1.165, 1.54) is 19.3 Å². The Hall–Kier alpha value is -0.160. The molecule has 2 saturated carbocycles. The van der Waals surface area contributed by atoms with E-state index in [1.807, 2.05) is 0 Å². The van der Waals surface area contributed by atoms with Gasteiger partial charge in [0, 0.05) is 12.1 Å². The monoisotopic (exact) mass is 310 g/mol. The quantitative estimate of drug-likeness (QED) is 0.408. The second-order valence-corrected chi connectivity index (χ2v) is 8.48. The molecule has 0 amide bonds. The molecule has 0 aromatic rings. The van der Waals surface area contributed by atoms with Crippen LogP contribution >= 0.6 is 0 Å². The predicted octanol–water partition coefficient (Wildman–Crippen LogP) is 2.08. The number of hydrazine groups is 1. The van der Waals surface area contributed by atoms with Gasteiger partial charge in [-0.2, -0.15) is 0 Å². The molecule has 2 aliphatic carbocycles. The molecule has 2 rings (SSSR count). The molecule has 8 unspecified atom stereocenters. The van der Waals surface area contributed by atoms with Crippen LogP contribution in [0.2, 0.25) is 0 Å². The van der Waals surface area contributed by atoms with Crippen molar-refractivity contribution in [2.24, 2.45) is 58.7 Å². The molecule has 4 heteroatoms. The summed E-state index contributed by atoms with van der Waals surface area (Å²) in [4.78, 5) is 0. The Morgan fingerprint density at radius 1 is 1.14 bits per heavy atom. The summed E-state index contributed by atoms with van der Waals surface area (Å²) < 4.78 is 0. The zero-order valence-corrected chi connectivity index (χ0v) is 15.0. The molecule has 0 radical (unpaired) electrons. The standard InChI is InChI=1S/C18H38N4/c1-10(2)14-8-13(9-16(14)20)18-15(7-12(4)22-21)17(18)11(3)5-6-19/h10-18,22H,5-9,19-21H2,1-4H3. The summed E-state index contributed by atoms with van der Waals surface area (Å²) in [7, 11) is 0. The molecule has 130 valence electrons. The summed E-state index contributed by atoms with van der Waals surface area (Å²) in [5.41, 5.74) is 15.2. The maximum Gasteiger partial charge on any atom is 0.0185 e. The number of hydrogen-bond acceptors (Lipinski definition) is 4. The van der Waals surface area contributed by atoms with Gasteiger partial charge in [0.1, 0.15) is 0 Å². The lowest BCUT2D eigenvalue weighted by atomic mass is 9.89. The van der Waals surface area contributed by atoms with Crippen LogP contribution in [0.4, 0.5) is 0 Å². The first kappa shape index (κ1) is 18.2. The number of hydrogen-bond donors (Lipinski definition) is 4. The van der Waals surface area contributed by atoms with Gasteiger partial charge in [0.05, 0.1) is 0 Å². The third-order valence-corrected chi connectivity index (χ3v) is 6.58. The fourth-order valence-electron chi connectivity index (χ4n) is 5.37. The predicted molar refractivity (Wildman–Crippen MR) is 93.7 cm³/mol. The van der Waals surface area contributed by atoms with E-state index >= 15 is 0 Å². The largest absolute Gasteiger partial charge is 0.330 e. The van der Waals surface area contributed by atoms with Crippen LogP contribution in [-0.4, -0.2) is 18.6 Å². The highest BCUT2D eigenvalue weighted by molar-refractivity contribution is 5.06. The minimum atomic E-state index is 0.401. The molecule has 0 spiro atoms. The average molecular weight is 311 g/mol. The summed E-state index contributed by atoms with van der Waals surface area (Å²) in [6, 6.07) is 0.806. The number of nitrogens with one attached hydrogen (secondary N) is 1. The number of rotatable bonds is 8. The van der Waals surface area contributed by atoms with Crippen molar-refractivity contribution in [3.8, 4) is 0 Å². The Labute approximate surface area is 136 Å². The molecule has 0 bridgehead atoms. The van der Waals surface area contributed by atoms with Gasteiger partial charge >= 0.3 is 0 Å². The van der Waals surface area contributed by atoms with Gasteiger partial charge in [0.15, 0.2) is 0 Å². The molecule has 2 aliphatic rings. The molecule has 4 nitrogen and oxygen atoms in total. The Bertz CT molecular complexity index is 344. The molecule has 8 atom stereocenters. The topological polar surface area (TPSA) is 90.1 Å². The summed E-state index contributed by atoms with van der Waals surface area (Å²) in [5.74, 6) is 11.1. The highest BCUT2D eigenvalue weighted by atomic mass is 15.2. The molecule has 0 heterocycles. The van der Waals surface area contributed by atoms with Crippen molar-refractivity contribution in [2.45, 2.75) is 65.5 Å². The van der Waals surface area contributed by atoms with E-state index in [9.17, 15) is 0 Å². The molecular weight excluding hydrogens is 272 g/mol. The molecule has 0 aromatic heterocycles.